The average Bonchev–Trinajstić information content (AvgIpc) is 3.14. The summed E-state index contributed by atoms with van der Waals surface area (Å²) in [5, 5.41) is 9.59. The summed E-state index contributed by atoms with van der Waals surface area (Å²) in [4.78, 5) is 36.8. The van der Waals surface area contributed by atoms with Gasteiger partial charge in [0, 0.05) is 0 Å². The second kappa shape index (κ2) is 36.7. The number of likely N-dealkylation sites (N-methyl/N-ethyl adjacent to an activating group) is 1. The van der Waals surface area contributed by atoms with E-state index in [0.717, 1.165) is 51.4 Å². The van der Waals surface area contributed by atoms with Crippen LogP contribution in [-0.2, 0) is 33.3 Å². The number of carbonyl (C=O) groups excluding carboxylic acids is 2. The average molecular weight is 765 g/mol. The summed E-state index contributed by atoms with van der Waals surface area (Å²) in [5.74, 6) is -2.36. The van der Waals surface area contributed by atoms with Crippen LogP contribution in [0.15, 0.2) is 122 Å². The number of nitrogens with zero attached hydrogens (tertiary/aromatic N) is 1. The van der Waals surface area contributed by atoms with Crippen molar-refractivity contribution in [3.63, 3.8) is 0 Å². The normalized spacial score (nSPS) is 14.3. The molecule has 0 fully saturated rings. The van der Waals surface area contributed by atoms with Crippen LogP contribution in [0.3, 0.4) is 0 Å². The first-order valence-corrected chi connectivity index (χ1v) is 19.7. The third-order valence-electron chi connectivity index (χ3n) is 7.28. The molecule has 0 aromatic carbocycles. The molecule has 0 spiro atoms. The van der Waals surface area contributed by atoms with Gasteiger partial charge in [0.05, 0.1) is 47.2 Å². The summed E-state index contributed by atoms with van der Waals surface area (Å²) in [7, 11) is 5.88. The fourth-order valence-electron chi connectivity index (χ4n) is 4.27. The number of esters is 2. The molecule has 2 atom stereocenters. The maximum atomic E-state index is 12.6. The molecule has 0 saturated heterocycles. The van der Waals surface area contributed by atoms with Crippen LogP contribution >= 0.6 is 0 Å². The Morgan fingerprint density at radius 3 is 1.24 bits per heavy atom. The number of ether oxygens (including phenoxy) is 4. The molecule has 0 saturated carbocycles. The Morgan fingerprint density at radius 1 is 0.509 bits per heavy atom. The van der Waals surface area contributed by atoms with Crippen molar-refractivity contribution < 1.29 is 42.9 Å². The minimum atomic E-state index is -1.56. The molecule has 0 heterocycles. The summed E-state index contributed by atoms with van der Waals surface area (Å²) in [6.45, 7) is 4.35. The molecule has 0 aliphatic heterocycles. The lowest BCUT2D eigenvalue weighted by atomic mass is 10.2. The highest BCUT2D eigenvalue weighted by Gasteiger charge is 2.24. The summed E-state index contributed by atoms with van der Waals surface area (Å²) < 4.78 is 22.4. The van der Waals surface area contributed by atoms with Crippen molar-refractivity contribution in [1.82, 2.24) is 0 Å². The number of allylic oxidation sites excluding steroid dienone is 18. The topological polar surface area (TPSA) is 108 Å². The van der Waals surface area contributed by atoms with Gasteiger partial charge < -0.3 is 28.5 Å². The Kier molecular flexibility index (Phi) is 33.8. The van der Waals surface area contributed by atoms with Crippen LogP contribution in [0.4, 0.5) is 0 Å². The molecular formula is C46H70NO8+. The van der Waals surface area contributed by atoms with Crippen LogP contribution in [0.1, 0.15) is 90.9 Å². The molecule has 9 heteroatoms. The van der Waals surface area contributed by atoms with E-state index < -0.39 is 30.3 Å². The zero-order valence-electron chi connectivity index (χ0n) is 34.3. The standard InChI is InChI=1S/C46H69NO8/c1-6-8-10-12-14-16-18-20-22-24-26-28-30-32-34-36-43(48)53-40-42(41-54-46(45(50)51)52-39-38-47(3,4)5)55-44(49)37-35-33-31-29-27-25-23-21-19-17-15-13-11-9-7-2/h8-11,14-17,20-23,26-29,32-35,42,46H,6-7,12-13,18-19,24-25,30-31,36-41H2,1-5H3/p+1/b10-8-,11-9-,16-14-,17-15-,22-20-,23-21-,28-26-,29-27-,34-32-,35-33-. The minimum Gasteiger partial charge on any atom is -0.477 e. The van der Waals surface area contributed by atoms with E-state index in [4.69, 9.17) is 18.9 Å². The van der Waals surface area contributed by atoms with E-state index in [-0.39, 0.29) is 32.7 Å². The molecule has 0 bridgehead atoms. The number of aliphatic carboxylic acids is 1. The number of carboxylic acids is 1. The largest absolute Gasteiger partial charge is 0.477 e. The van der Waals surface area contributed by atoms with Crippen LogP contribution in [0, 0.1) is 0 Å². The number of rotatable bonds is 33. The van der Waals surface area contributed by atoms with E-state index in [1.165, 1.54) is 0 Å². The summed E-state index contributed by atoms with van der Waals surface area (Å²) in [6, 6.07) is 0. The van der Waals surface area contributed by atoms with Gasteiger partial charge in [-0.15, -0.1) is 0 Å². The van der Waals surface area contributed by atoms with Gasteiger partial charge in [0.25, 0.3) is 6.29 Å². The van der Waals surface area contributed by atoms with Gasteiger partial charge in [-0.05, 0) is 64.2 Å². The molecule has 0 rings (SSSR count). The molecule has 0 radical (unpaired) electrons. The second-order valence-electron chi connectivity index (χ2n) is 13.5. The lowest BCUT2D eigenvalue weighted by molar-refractivity contribution is -0.870. The van der Waals surface area contributed by atoms with Gasteiger partial charge in [-0.2, -0.15) is 0 Å². The van der Waals surface area contributed by atoms with Crippen LogP contribution in [-0.4, -0.2) is 87.4 Å². The first kappa shape index (κ1) is 50.7. The number of hydrogen-bond acceptors (Lipinski definition) is 7. The summed E-state index contributed by atoms with van der Waals surface area (Å²) >= 11 is 0. The predicted octanol–water partition coefficient (Wildman–Crippen LogP) is 9.87. The van der Waals surface area contributed by atoms with Crippen molar-refractivity contribution in [2.45, 2.75) is 103 Å². The van der Waals surface area contributed by atoms with Gasteiger partial charge in [-0.3, -0.25) is 9.59 Å². The molecular weight excluding hydrogens is 695 g/mol. The Bertz CT molecular complexity index is 1310. The van der Waals surface area contributed by atoms with Crippen LogP contribution < -0.4 is 0 Å². The molecule has 0 aliphatic carbocycles. The Morgan fingerprint density at radius 2 is 0.873 bits per heavy atom. The Labute approximate surface area is 332 Å². The number of carbonyl (C=O) groups is 3. The zero-order chi connectivity index (χ0) is 40.7. The fraction of sp³-hybridized carbons (Fsp3) is 0.500. The molecule has 0 aromatic heterocycles. The first-order chi connectivity index (χ1) is 26.6. The van der Waals surface area contributed by atoms with E-state index in [1.807, 2.05) is 45.4 Å². The van der Waals surface area contributed by atoms with Crippen molar-refractivity contribution in [1.29, 1.82) is 0 Å². The van der Waals surface area contributed by atoms with Crippen molar-refractivity contribution >= 4 is 17.9 Å². The van der Waals surface area contributed by atoms with E-state index in [2.05, 4.69) is 98.9 Å². The molecule has 9 nitrogen and oxygen atoms in total. The van der Waals surface area contributed by atoms with E-state index >= 15 is 0 Å². The number of quaternary nitrogens is 1. The van der Waals surface area contributed by atoms with Gasteiger partial charge in [0.15, 0.2) is 6.10 Å². The quantitative estimate of drug-likeness (QED) is 0.0305. The lowest BCUT2D eigenvalue weighted by Crippen LogP contribution is -2.40. The van der Waals surface area contributed by atoms with E-state index in [0.29, 0.717) is 23.9 Å². The third kappa shape index (κ3) is 37.8. The van der Waals surface area contributed by atoms with Gasteiger partial charge in [-0.1, -0.05) is 135 Å². The third-order valence-corrected chi connectivity index (χ3v) is 7.28. The monoisotopic (exact) mass is 765 g/mol. The van der Waals surface area contributed by atoms with Gasteiger partial charge in [0.1, 0.15) is 13.2 Å². The summed E-state index contributed by atoms with van der Waals surface area (Å²) in [6.07, 6.45) is 47.5. The van der Waals surface area contributed by atoms with Crippen molar-refractivity contribution in [2.24, 2.45) is 0 Å². The van der Waals surface area contributed by atoms with Crippen molar-refractivity contribution in [2.75, 3.05) is 47.5 Å². The Balaban J connectivity index is 4.84. The van der Waals surface area contributed by atoms with Crippen molar-refractivity contribution in [3.05, 3.63) is 122 Å². The van der Waals surface area contributed by atoms with E-state index in [9.17, 15) is 19.5 Å². The minimum absolute atomic E-state index is 0.000361. The molecule has 2 unspecified atom stereocenters. The highest BCUT2D eigenvalue weighted by molar-refractivity contribution is 5.72. The first-order valence-electron chi connectivity index (χ1n) is 19.7. The lowest BCUT2D eigenvalue weighted by Gasteiger charge is -2.25. The molecule has 0 aromatic rings. The highest BCUT2D eigenvalue weighted by atomic mass is 16.7. The summed E-state index contributed by atoms with van der Waals surface area (Å²) in [5.41, 5.74) is 0. The molecule has 0 aliphatic rings. The maximum Gasteiger partial charge on any atom is 0.361 e. The zero-order valence-corrected chi connectivity index (χ0v) is 34.3. The second-order valence-corrected chi connectivity index (χ2v) is 13.5. The van der Waals surface area contributed by atoms with Gasteiger partial charge in [0.2, 0.25) is 0 Å². The molecule has 0 amide bonds. The van der Waals surface area contributed by atoms with E-state index in [1.54, 1.807) is 12.2 Å². The number of hydrogen-bond donors (Lipinski definition) is 1. The molecule has 306 valence electrons. The van der Waals surface area contributed by atoms with Crippen molar-refractivity contribution in [3.8, 4) is 0 Å². The smallest absolute Gasteiger partial charge is 0.361 e. The van der Waals surface area contributed by atoms with Crippen LogP contribution in [0.5, 0.6) is 0 Å². The van der Waals surface area contributed by atoms with Crippen LogP contribution in [0.2, 0.25) is 0 Å². The van der Waals surface area contributed by atoms with Gasteiger partial charge >= 0.3 is 17.9 Å². The SMILES string of the molecule is CC/C=C\C/C=C\C/C=C\C/C=C\C/C=C\CC(=O)OCC(COC(OCC[N+](C)(C)C)C(=O)O)OC(=O)C/C=C\C/C=C\C/C=C\C/C=C\C/C=C\CC. The Hall–Kier alpha value is -4.31. The highest BCUT2D eigenvalue weighted by Crippen LogP contribution is 2.06. The molecule has 55 heavy (non-hydrogen) atoms. The molecule has 1 N–H and O–H groups in total. The predicted molar refractivity (Wildman–Crippen MR) is 225 cm³/mol. The fourth-order valence-corrected chi connectivity index (χ4v) is 4.27. The maximum absolute atomic E-state index is 12.6. The van der Waals surface area contributed by atoms with Crippen LogP contribution in [0.25, 0.3) is 0 Å². The number of carboxylic acid groups (broad SMARTS) is 1. The van der Waals surface area contributed by atoms with Gasteiger partial charge in [-0.25, -0.2) is 4.79 Å².